The van der Waals surface area contributed by atoms with Gasteiger partial charge in [-0.1, -0.05) is 25.1 Å². The lowest BCUT2D eigenvalue weighted by molar-refractivity contribution is 0.0976. The van der Waals surface area contributed by atoms with Crippen molar-refractivity contribution in [2.45, 2.75) is 18.7 Å². The van der Waals surface area contributed by atoms with E-state index in [1.165, 1.54) is 12.1 Å². The van der Waals surface area contributed by atoms with Crippen molar-refractivity contribution in [2.75, 3.05) is 24.6 Å². The molecule has 1 aliphatic heterocycles. The molecule has 0 atom stereocenters. The van der Waals surface area contributed by atoms with Crippen LogP contribution in [-0.4, -0.2) is 34.0 Å². The third-order valence-corrected chi connectivity index (χ3v) is 5.60. The predicted molar refractivity (Wildman–Crippen MR) is 95.7 cm³/mol. The molecule has 0 radical (unpaired) electrons. The number of hydrogen-bond acceptors (Lipinski definition) is 4. The Balaban J connectivity index is 2.01. The van der Waals surface area contributed by atoms with Crippen molar-refractivity contribution in [3.8, 4) is 5.75 Å². The summed E-state index contributed by atoms with van der Waals surface area (Å²) in [6, 6.07) is 11.9. The largest absolute Gasteiger partial charge is 0.490 e. The van der Waals surface area contributed by atoms with E-state index >= 15 is 0 Å². The Morgan fingerprint density at radius 2 is 2.00 bits per heavy atom. The van der Waals surface area contributed by atoms with Gasteiger partial charge in [0.1, 0.15) is 12.4 Å². The molecular weight excluding hydrogens is 340 g/mol. The first-order valence-corrected chi connectivity index (χ1v) is 9.56. The number of carbonyl (C=O) groups is 1. The Morgan fingerprint density at radius 3 is 2.76 bits per heavy atom. The molecule has 1 amide bonds. The fraction of sp³-hybridized carbons (Fsp3) is 0.278. The van der Waals surface area contributed by atoms with Crippen molar-refractivity contribution < 1.29 is 17.9 Å². The molecule has 1 heterocycles. The second-order valence-electron chi connectivity index (χ2n) is 5.75. The predicted octanol–water partition coefficient (Wildman–Crippen LogP) is 2.33. The molecule has 25 heavy (non-hydrogen) atoms. The average molecular weight is 360 g/mol. The number of fused-ring (bicyclic) bond motifs is 1. The molecule has 0 aliphatic carbocycles. The van der Waals surface area contributed by atoms with Gasteiger partial charge in [0.2, 0.25) is 10.0 Å². The first kappa shape index (κ1) is 17.4. The maximum atomic E-state index is 13.1. The summed E-state index contributed by atoms with van der Waals surface area (Å²) in [5.41, 5.74) is 1.79. The Hall–Kier alpha value is -2.38. The Labute approximate surface area is 147 Å². The van der Waals surface area contributed by atoms with E-state index in [9.17, 15) is 13.2 Å². The fourth-order valence-corrected chi connectivity index (χ4v) is 3.86. The van der Waals surface area contributed by atoms with Gasteiger partial charge in [0.25, 0.3) is 5.91 Å². The number of benzene rings is 2. The number of aryl methyl sites for hydroxylation is 1. The normalized spacial score (nSPS) is 13.9. The molecule has 0 spiro atoms. The number of anilines is 1. The number of hydrogen-bond donors (Lipinski definition) is 1. The zero-order chi connectivity index (χ0) is 18.0. The summed E-state index contributed by atoms with van der Waals surface area (Å²) in [5, 5.41) is 0. The maximum Gasteiger partial charge on any atom is 0.258 e. The van der Waals surface area contributed by atoms with Crippen LogP contribution < -0.4 is 14.4 Å². The van der Waals surface area contributed by atoms with Gasteiger partial charge in [-0.2, -0.15) is 0 Å². The van der Waals surface area contributed by atoms with Gasteiger partial charge in [0.05, 0.1) is 17.1 Å². The van der Waals surface area contributed by atoms with Crippen LogP contribution in [0.5, 0.6) is 5.75 Å². The summed E-state index contributed by atoms with van der Waals surface area (Å²) >= 11 is 0. The first-order valence-electron chi connectivity index (χ1n) is 8.08. The molecular formula is C18H20N2O4S. The monoisotopic (exact) mass is 360 g/mol. The van der Waals surface area contributed by atoms with E-state index in [1.54, 1.807) is 24.8 Å². The third-order valence-electron chi connectivity index (χ3n) is 4.06. The minimum absolute atomic E-state index is 0.0878. The van der Waals surface area contributed by atoms with Crippen LogP contribution in [0, 0.1) is 6.92 Å². The van der Waals surface area contributed by atoms with Gasteiger partial charge in [-0.15, -0.1) is 0 Å². The van der Waals surface area contributed by atoms with Gasteiger partial charge < -0.3 is 9.64 Å². The first-order chi connectivity index (χ1) is 11.9. The van der Waals surface area contributed by atoms with Gasteiger partial charge in [-0.25, -0.2) is 13.1 Å². The fourth-order valence-electron chi connectivity index (χ4n) is 2.80. The molecule has 0 fully saturated rings. The number of sulfonamides is 1. The Bertz CT molecular complexity index is 909. The Kier molecular flexibility index (Phi) is 4.78. The number of ether oxygens (including phenoxy) is 1. The molecule has 6 nitrogen and oxygen atoms in total. The van der Waals surface area contributed by atoms with Gasteiger partial charge in [-0.3, -0.25) is 4.79 Å². The number of nitrogens with one attached hydrogen (secondary N) is 1. The molecule has 132 valence electrons. The van der Waals surface area contributed by atoms with Crippen LogP contribution in [0.1, 0.15) is 22.8 Å². The van der Waals surface area contributed by atoms with E-state index in [2.05, 4.69) is 4.72 Å². The van der Waals surface area contributed by atoms with Crippen LogP contribution in [-0.2, 0) is 10.0 Å². The minimum Gasteiger partial charge on any atom is -0.490 e. The van der Waals surface area contributed by atoms with Crippen LogP contribution in [0.15, 0.2) is 47.4 Å². The zero-order valence-electron chi connectivity index (χ0n) is 14.2. The third kappa shape index (κ3) is 3.38. The van der Waals surface area contributed by atoms with E-state index in [0.29, 0.717) is 30.2 Å². The lowest BCUT2D eigenvalue weighted by Gasteiger charge is -2.30. The highest BCUT2D eigenvalue weighted by molar-refractivity contribution is 7.89. The van der Waals surface area contributed by atoms with Crippen molar-refractivity contribution in [3.05, 3.63) is 53.6 Å². The van der Waals surface area contributed by atoms with E-state index < -0.39 is 10.0 Å². The summed E-state index contributed by atoms with van der Waals surface area (Å²) in [7, 11) is -3.62. The topological polar surface area (TPSA) is 75.7 Å². The van der Waals surface area contributed by atoms with E-state index in [1.807, 2.05) is 24.3 Å². The lowest BCUT2D eigenvalue weighted by Crippen LogP contribution is -2.38. The highest BCUT2D eigenvalue weighted by atomic mass is 32.2. The van der Waals surface area contributed by atoms with Crippen molar-refractivity contribution in [1.29, 1.82) is 0 Å². The second kappa shape index (κ2) is 6.85. The summed E-state index contributed by atoms with van der Waals surface area (Å²) in [6.07, 6.45) is 0. The lowest BCUT2D eigenvalue weighted by atomic mass is 10.1. The van der Waals surface area contributed by atoms with Crippen LogP contribution in [0.3, 0.4) is 0 Å². The highest BCUT2D eigenvalue weighted by Crippen LogP contribution is 2.32. The van der Waals surface area contributed by atoms with Crippen molar-refractivity contribution in [1.82, 2.24) is 4.72 Å². The highest BCUT2D eigenvalue weighted by Gasteiger charge is 2.26. The molecule has 2 aromatic carbocycles. The zero-order valence-corrected chi connectivity index (χ0v) is 15.0. The Morgan fingerprint density at radius 1 is 1.24 bits per heavy atom. The number of nitrogens with zero attached hydrogens (tertiary/aromatic N) is 1. The molecule has 2 aromatic rings. The SMILES string of the molecule is CCNS(=O)(=O)c1ccc(C)c(C(=O)N2CCOc3ccccc32)c1. The molecule has 0 unspecified atom stereocenters. The molecule has 3 rings (SSSR count). The van der Waals surface area contributed by atoms with Crippen LogP contribution in [0.2, 0.25) is 0 Å². The van der Waals surface area contributed by atoms with E-state index in [0.717, 1.165) is 5.56 Å². The number of rotatable bonds is 4. The summed E-state index contributed by atoms with van der Waals surface area (Å²) in [6.45, 7) is 4.61. The maximum absolute atomic E-state index is 13.1. The summed E-state index contributed by atoms with van der Waals surface area (Å²) in [5.74, 6) is 0.415. The molecule has 0 saturated carbocycles. The molecule has 1 aliphatic rings. The number of amides is 1. The smallest absolute Gasteiger partial charge is 0.258 e. The van der Waals surface area contributed by atoms with Crippen LogP contribution >= 0.6 is 0 Å². The minimum atomic E-state index is -3.62. The number of carbonyl (C=O) groups excluding carboxylic acids is 1. The quantitative estimate of drug-likeness (QED) is 0.908. The van der Waals surface area contributed by atoms with Crippen LogP contribution in [0.4, 0.5) is 5.69 Å². The van der Waals surface area contributed by atoms with Gasteiger partial charge in [0, 0.05) is 12.1 Å². The number of para-hydroxylation sites is 2. The van der Waals surface area contributed by atoms with Gasteiger partial charge >= 0.3 is 0 Å². The molecule has 1 N–H and O–H groups in total. The van der Waals surface area contributed by atoms with Gasteiger partial charge in [-0.05, 0) is 36.8 Å². The van der Waals surface area contributed by atoms with E-state index in [-0.39, 0.29) is 17.3 Å². The van der Waals surface area contributed by atoms with Gasteiger partial charge in [0.15, 0.2) is 0 Å². The molecule has 7 heteroatoms. The second-order valence-corrected chi connectivity index (χ2v) is 7.52. The van der Waals surface area contributed by atoms with Crippen molar-refractivity contribution >= 4 is 21.6 Å². The van der Waals surface area contributed by atoms with E-state index in [4.69, 9.17) is 4.74 Å². The molecule has 0 saturated heterocycles. The average Bonchev–Trinajstić information content (AvgIpc) is 2.61. The standard InChI is InChI=1S/C18H20N2O4S/c1-3-19-25(22,23)14-9-8-13(2)15(12-14)18(21)20-10-11-24-17-7-5-4-6-16(17)20/h4-9,12,19H,3,10-11H2,1-2H3. The summed E-state index contributed by atoms with van der Waals surface area (Å²) in [4.78, 5) is 14.8. The van der Waals surface area contributed by atoms with Crippen LogP contribution in [0.25, 0.3) is 0 Å². The van der Waals surface area contributed by atoms with Crippen molar-refractivity contribution in [2.24, 2.45) is 0 Å². The molecule has 0 aromatic heterocycles. The van der Waals surface area contributed by atoms with Crippen molar-refractivity contribution in [3.63, 3.8) is 0 Å². The molecule has 0 bridgehead atoms. The summed E-state index contributed by atoms with van der Waals surface area (Å²) < 4.78 is 32.5.